The van der Waals surface area contributed by atoms with Gasteiger partial charge in [0.25, 0.3) is 12.3 Å². The van der Waals surface area contributed by atoms with E-state index in [2.05, 4.69) is 30.6 Å². The number of hydrogen-bond donors (Lipinski definition) is 2. The zero-order valence-electron chi connectivity index (χ0n) is 23.7. The fourth-order valence-corrected chi connectivity index (χ4v) is 5.51. The first kappa shape index (κ1) is 29.4. The summed E-state index contributed by atoms with van der Waals surface area (Å²) in [5, 5.41) is 6.10. The van der Waals surface area contributed by atoms with Gasteiger partial charge in [-0.15, -0.1) is 0 Å². The number of anilines is 1. The zero-order valence-corrected chi connectivity index (χ0v) is 23.7. The number of likely N-dealkylation sites (tertiary alicyclic amines) is 1. The molecular weight excluding hydrogens is 543 g/mol. The van der Waals surface area contributed by atoms with Crippen LogP contribution in [0.15, 0.2) is 55.1 Å². The number of halogens is 3. The molecule has 4 aromatic rings. The molecule has 0 spiro atoms. The maximum atomic E-state index is 14.8. The van der Waals surface area contributed by atoms with Crippen LogP contribution in [0, 0.1) is 11.7 Å². The van der Waals surface area contributed by atoms with Crippen molar-refractivity contribution in [1.29, 1.82) is 0 Å². The molecule has 0 aliphatic carbocycles. The van der Waals surface area contributed by atoms with Gasteiger partial charge in [0, 0.05) is 54.6 Å². The summed E-state index contributed by atoms with van der Waals surface area (Å²) in [5.41, 5.74) is 4.09. The average Bonchev–Trinajstić information content (AvgIpc) is 3.00. The molecule has 1 fully saturated rings. The number of nitrogens with zero attached hydrogens (tertiary/aromatic N) is 5. The number of nitrogens with one attached hydrogen (secondary N) is 2. The summed E-state index contributed by atoms with van der Waals surface area (Å²) in [6.07, 6.45) is 5.15. The average molecular weight is 578 g/mol. The van der Waals surface area contributed by atoms with E-state index in [4.69, 9.17) is 0 Å². The van der Waals surface area contributed by atoms with Crippen molar-refractivity contribution in [2.45, 2.75) is 38.5 Å². The summed E-state index contributed by atoms with van der Waals surface area (Å²) in [7, 11) is 1.51. The summed E-state index contributed by atoms with van der Waals surface area (Å²) in [6.45, 7) is 3.76. The highest BCUT2D eigenvalue weighted by Crippen LogP contribution is 2.29. The van der Waals surface area contributed by atoms with Crippen LogP contribution in [0.2, 0.25) is 0 Å². The van der Waals surface area contributed by atoms with Crippen molar-refractivity contribution >= 4 is 22.6 Å². The van der Waals surface area contributed by atoms with Crippen LogP contribution in [-0.4, -0.2) is 70.4 Å². The lowest BCUT2D eigenvalue weighted by Crippen LogP contribution is -2.37. The van der Waals surface area contributed by atoms with E-state index in [0.29, 0.717) is 36.9 Å². The minimum absolute atomic E-state index is 0.0675. The number of pyridine rings is 2. The number of hydrogen-bond acceptors (Lipinski definition) is 7. The second-order valence-electron chi connectivity index (χ2n) is 10.7. The highest BCUT2D eigenvalue weighted by Gasteiger charge is 2.22. The number of piperidine rings is 1. The van der Waals surface area contributed by atoms with Crippen molar-refractivity contribution in [1.82, 2.24) is 30.2 Å². The van der Waals surface area contributed by atoms with Crippen molar-refractivity contribution in [3.05, 3.63) is 77.8 Å². The lowest BCUT2D eigenvalue weighted by Gasteiger charge is -2.31. The molecule has 1 amide bonds. The van der Waals surface area contributed by atoms with Gasteiger partial charge < -0.3 is 10.6 Å². The molecule has 1 unspecified atom stereocenters. The first-order valence-electron chi connectivity index (χ1n) is 14.1. The van der Waals surface area contributed by atoms with Gasteiger partial charge >= 0.3 is 0 Å². The predicted molar refractivity (Wildman–Crippen MR) is 156 cm³/mol. The van der Waals surface area contributed by atoms with Gasteiger partial charge in [0.05, 0.1) is 23.3 Å². The fraction of sp³-hybridized carbons (Fsp3) is 0.387. The van der Waals surface area contributed by atoms with E-state index in [1.807, 2.05) is 30.0 Å². The molecule has 1 saturated heterocycles. The topological polar surface area (TPSA) is 95.9 Å². The van der Waals surface area contributed by atoms with E-state index >= 15 is 0 Å². The van der Waals surface area contributed by atoms with Gasteiger partial charge in [0.2, 0.25) is 0 Å². The molecule has 220 valence electrons. The van der Waals surface area contributed by atoms with Gasteiger partial charge in [0.15, 0.2) is 0 Å². The molecule has 1 aliphatic heterocycles. The summed E-state index contributed by atoms with van der Waals surface area (Å²) in [6, 6.07) is 10.4. The van der Waals surface area contributed by atoms with Crippen LogP contribution < -0.4 is 10.6 Å². The number of alkyl halides is 2. The molecule has 4 heterocycles. The quantitative estimate of drug-likeness (QED) is 0.263. The summed E-state index contributed by atoms with van der Waals surface area (Å²) < 4.78 is 40.0. The van der Waals surface area contributed by atoms with Gasteiger partial charge in [-0.3, -0.25) is 19.7 Å². The molecule has 3 aromatic heterocycles. The van der Waals surface area contributed by atoms with Crippen LogP contribution in [0.5, 0.6) is 0 Å². The van der Waals surface area contributed by atoms with Gasteiger partial charge in [-0.2, -0.15) is 0 Å². The number of aromatic nitrogens is 4. The van der Waals surface area contributed by atoms with Crippen LogP contribution in [0.3, 0.4) is 0 Å². The Hall–Kier alpha value is -4.12. The number of rotatable bonds is 10. The lowest BCUT2D eigenvalue weighted by atomic mass is 9.92. The van der Waals surface area contributed by atoms with E-state index in [1.165, 1.54) is 31.7 Å². The molecule has 5 rings (SSSR count). The predicted octanol–water partition coefficient (Wildman–Crippen LogP) is 5.32. The van der Waals surface area contributed by atoms with Crippen molar-refractivity contribution < 1.29 is 18.0 Å². The third-order valence-corrected chi connectivity index (χ3v) is 7.85. The molecule has 1 aliphatic rings. The number of amides is 1. The summed E-state index contributed by atoms with van der Waals surface area (Å²) in [5.74, 6) is 0.154. The number of carbonyl (C=O) groups excluding carboxylic acids is 1. The van der Waals surface area contributed by atoms with E-state index in [0.717, 1.165) is 41.8 Å². The van der Waals surface area contributed by atoms with E-state index in [-0.39, 0.29) is 29.3 Å². The molecule has 1 aromatic carbocycles. The van der Waals surface area contributed by atoms with Crippen molar-refractivity contribution in [2.75, 3.05) is 38.5 Å². The third kappa shape index (κ3) is 6.84. The smallest absolute Gasteiger partial charge is 0.251 e. The molecule has 1 atom stereocenters. The van der Waals surface area contributed by atoms with Crippen LogP contribution in [0.4, 0.5) is 19.0 Å². The first-order valence-corrected chi connectivity index (χ1v) is 14.1. The Balaban J connectivity index is 1.22. The number of carbonyl (C=O) groups is 1. The highest BCUT2D eigenvalue weighted by molar-refractivity contribution is 6.06. The maximum Gasteiger partial charge on any atom is 0.251 e. The molecule has 0 saturated carbocycles. The van der Waals surface area contributed by atoms with Gasteiger partial charge in [0.1, 0.15) is 18.0 Å². The van der Waals surface area contributed by atoms with Crippen LogP contribution >= 0.6 is 0 Å². The summed E-state index contributed by atoms with van der Waals surface area (Å²) in [4.78, 5) is 31.9. The Morgan fingerprint density at radius 3 is 2.60 bits per heavy atom. The first-order chi connectivity index (χ1) is 20.3. The molecule has 11 heteroatoms. The van der Waals surface area contributed by atoms with Gasteiger partial charge in [-0.25, -0.2) is 23.1 Å². The van der Waals surface area contributed by atoms with Crippen molar-refractivity contribution in [3.8, 4) is 11.3 Å². The molecular formula is C31H34F3N7O. The maximum absolute atomic E-state index is 14.8. The van der Waals surface area contributed by atoms with Crippen LogP contribution in [0.25, 0.3) is 22.2 Å². The monoisotopic (exact) mass is 577 g/mol. The van der Waals surface area contributed by atoms with Crippen molar-refractivity contribution in [3.63, 3.8) is 0 Å². The SMILES string of the molecule is CNC(=O)c1ccnc2c(C(C)CNc3cc(-c4ccc(CC5CCN(CC(F)F)CC5)nc4)ncn3)ccc(F)c12. The van der Waals surface area contributed by atoms with Crippen LogP contribution in [-0.2, 0) is 6.42 Å². The Labute approximate surface area is 242 Å². The fourth-order valence-electron chi connectivity index (χ4n) is 5.51. The molecule has 42 heavy (non-hydrogen) atoms. The highest BCUT2D eigenvalue weighted by atomic mass is 19.3. The number of fused-ring (bicyclic) bond motifs is 1. The molecule has 0 bridgehead atoms. The van der Waals surface area contributed by atoms with E-state index < -0.39 is 12.2 Å². The minimum atomic E-state index is -2.28. The summed E-state index contributed by atoms with van der Waals surface area (Å²) >= 11 is 0. The third-order valence-electron chi connectivity index (χ3n) is 7.85. The van der Waals surface area contributed by atoms with Gasteiger partial charge in [-0.1, -0.05) is 13.0 Å². The number of benzene rings is 1. The Morgan fingerprint density at radius 2 is 1.88 bits per heavy atom. The Morgan fingerprint density at radius 1 is 1.07 bits per heavy atom. The molecule has 2 N–H and O–H groups in total. The Bertz CT molecular complexity index is 1530. The van der Waals surface area contributed by atoms with E-state index in [1.54, 1.807) is 12.3 Å². The molecule has 0 radical (unpaired) electrons. The normalized spacial score (nSPS) is 15.2. The minimum Gasteiger partial charge on any atom is -0.369 e. The Kier molecular flexibility index (Phi) is 9.26. The van der Waals surface area contributed by atoms with E-state index in [9.17, 15) is 18.0 Å². The zero-order chi connectivity index (χ0) is 29.6. The lowest BCUT2D eigenvalue weighted by molar-refractivity contribution is 0.0690. The standard InChI is InChI=1S/C31H34F3N7O/c1-19(23-5-6-25(32)29-24(31(42)35-2)7-10-36-30(23)29)15-38-28-14-26(39-18-40-28)21-3-4-22(37-16-21)13-20-8-11-41(12-9-20)17-27(33)34/h3-7,10,14,16,18-20,27H,8-9,11-13,15,17H2,1-2H3,(H,35,42)(H,38,39,40). The second kappa shape index (κ2) is 13.2. The van der Waals surface area contributed by atoms with Crippen LogP contribution in [0.1, 0.15) is 47.3 Å². The second-order valence-corrected chi connectivity index (χ2v) is 10.7. The van der Waals surface area contributed by atoms with Gasteiger partial charge in [-0.05, 0) is 68.1 Å². The molecule has 8 nitrogen and oxygen atoms in total. The largest absolute Gasteiger partial charge is 0.369 e. The van der Waals surface area contributed by atoms with Crippen molar-refractivity contribution in [2.24, 2.45) is 5.92 Å².